The lowest BCUT2D eigenvalue weighted by Gasteiger charge is -2.34. The number of nitrogens with one attached hydrogen (secondary N) is 2. The van der Waals surface area contributed by atoms with Gasteiger partial charge in [0.1, 0.15) is 11.6 Å². The SMILES string of the molecule is COC(=O)C(NC(=O)c1ccc(-c2ccc(CN3CCOCC3)cc2)cc1)C(C)(C)NC(=O)OC(C)(C)C. The molecule has 9 nitrogen and oxygen atoms in total. The predicted molar refractivity (Wildman–Crippen MR) is 145 cm³/mol. The van der Waals surface area contributed by atoms with Crippen molar-refractivity contribution in [1.29, 1.82) is 0 Å². The third kappa shape index (κ3) is 8.29. The first-order valence-electron chi connectivity index (χ1n) is 12.8. The van der Waals surface area contributed by atoms with Gasteiger partial charge in [0, 0.05) is 25.2 Å². The summed E-state index contributed by atoms with van der Waals surface area (Å²) in [7, 11) is 1.23. The molecule has 2 N–H and O–H groups in total. The lowest BCUT2D eigenvalue weighted by Crippen LogP contribution is -2.62. The summed E-state index contributed by atoms with van der Waals surface area (Å²) in [6, 6.07) is 14.4. The number of alkyl carbamates (subject to hydrolysis) is 1. The summed E-state index contributed by atoms with van der Waals surface area (Å²) in [5.41, 5.74) is 1.72. The second-order valence-electron chi connectivity index (χ2n) is 10.9. The molecule has 2 amide bonds. The van der Waals surface area contributed by atoms with Gasteiger partial charge in [-0.15, -0.1) is 0 Å². The number of benzene rings is 2. The van der Waals surface area contributed by atoms with Gasteiger partial charge in [-0.25, -0.2) is 9.59 Å². The van der Waals surface area contributed by atoms with Crippen LogP contribution in [-0.2, 0) is 25.5 Å². The molecule has 1 atom stereocenters. The molecule has 3 rings (SSSR count). The van der Waals surface area contributed by atoms with Gasteiger partial charge < -0.3 is 24.8 Å². The Morgan fingerprint density at radius 2 is 1.47 bits per heavy atom. The second kappa shape index (κ2) is 12.4. The molecule has 0 bridgehead atoms. The Kier molecular flexibility index (Phi) is 9.51. The Morgan fingerprint density at radius 1 is 0.921 bits per heavy atom. The number of methoxy groups -OCH3 is 1. The van der Waals surface area contributed by atoms with Crippen molar-refractivity contribution < 1.29 is 28.6 Å². The topological polar surface area (TPSA) is 106 Å². The van der Waals surface area contributed by atoms with Crippen molar-refractivity contribution in [3.05, 3.63) is 59.7 Å². The Hall–Kier alpha value is -3.43. The number of ether oxygens (including phenoxy) is 3. The first-order valence-corrected chi connectivity index (χ1v) is 12.8. The highest BCUT2D eigenvalue weighted by molar-refractivity contribution is 5.97. The van der Waals surface area contributed by atoms with Crippen molar-refractivity contribution in [3.63, 3.8) is 0 Å². The van der Waals surface area contributed by atoms with E-state index < -0.39 is 35.2 Å². The van der Waals surface area contributed by atoms with Crippen molar-refractivity contribution in [3.8, 4) is 11.1 Å². The van der Waals surface area contributed by atoms with E-state index in [-0.39, 0.29) is 0 Å². The van der Waals surface area contributed by atoms with Gasteiger partial charge in [0.05, 0.1) is 25.9 Å². The zero-order chi connectivity index (χ0) is 27.9. The minimum atomic E-state index is -1.19. The number of carbonyl (C=O) groups excluding carboxylic acids is 3. The summed E-state index contributed by atoms with van der Waals surface area (Å²) in [5.74, 6) is -1.15. The average molecular weight is 526 g/mol. The fraction of sp³-hybridized carbons (Fsp3) is 0.483. The first kappa shape index (κ1) is 29.1. The van der Waals surface area contributed by atoms with Crippen molar-refractivity contribution in [2.75, 3.05) is 33.4 Å². The molecule has 1 heterocycles. The molecule has 9 heteroatoms. The van der Waals surface area contributed by atoms with E-state index in [2.05, 4.69) is 39.8 Å². The minimum Gasteiger partial charge on any atom is -0.467 e. The highest BCUT2D eigenvalue weighted by Crippen LogP contribution is 2.22. The number of esters is 1. The summed E-state index contributed by atoms with van der Waals surface area (Å²) in [4.78, 5) is 40.3. The molecule has 2 aromatic carbocycles. The van der Waals surface area contributed by atoms with E-state index >= 15 is 0 Å². The second-order valence-corrected chi connectivity index (χ2v) is 10.9. The van der Waals surface area contributed by atoms with E-state index in [1.165, 1.54) is 12.7 Å². The number of morpholine rings is 1. The smallest absolute Gasteiger partial charge is 0.408 e. The third-order valence-electron chi connectivity index (χ3n) is 6.20. The van der Waals surface area contributed by atoms with Crippen LogP contribution in [0, 0.1) is 0 Å². The van der Waals surface area contributed by atoms with Crippen LogP contribution in [0.2, 0.25) is 0 Å². The van der Waals surface area contributed by atoms with E-state index in [4.69, 9.17) is 14.2 Å². The normalized spacial score (nSPS) is 15.3. The standard InChI is InChI=1S/C29H39N3O6/c1-28(2,3)38-27(35)31-29(4,5)24(26(34)36-6)30-25(33)23-13-11-22(12-14-23)21-9-7-20(8-10-21)19-32-15-17-37-18-16-32/h7-14,24H,15-19H2,1-6H3,(H,30,33)(H,31,35). The van der Waals surface area contributed by atoms with Gasteiger partial charge in [0.25, 0.3) is 5.91 Å². The molecule has 2 aromatic rings. The summed E-state index contributed by atoms with van der Waals surface area (Å²) in [6.07, 6.45) is -0.703. The van der Waals surface area contributed by atoms with E-state index in [1.54, 1.807) is 46.8 Å². The monoisotopic (exact) mass is 525 g/mol. The molecule has 0 saturated carbocycles. The first-order chi connectivity index (χ1) is 17.9. The number of rotatable bonds is 8. The summed E-state index contributed by atoms with van der Waals surface area (Å²) in [5, 5.41) is 5.36. The fourth-order valence-corrected chi connectivity index (χ4v) is 4.14. The van der Waals surface area contributed by atoms with E-state index in [1.807, 2.05) is 12.1 Å². The van der Waals surface area contributed by atoms with E-state index in [0.717, 1.165) is 44.0 Å². The maximum Gasteiger partial charge on any atom is 0.408 e. The molecular formula is C29H39N3O6. The van der Waals surface area contributed by atoms with Crippen LogP contribution < -0.4 is 10.6 Å². The van der Waals surface area contributed by atoms with Crippen LogP contribution in [0.15, 0.2) is 48.5 Å². The van der Waals surface area contributed by atoms with Crippen molar-refractivity contribution in [1.82, 2.24) is 15.5 Å². The van der Waals surface area contributed by atoms with E-state index in [0.29, 0.717) is 5.56 Å². The van der Waals surface area contributed by atoms with Crippen LogP contribution in [-0.4, -0.2) is 73.5 Å². The molecule has 1 fully saturated rings. The van der Waals surface area contributed by atoms with Crippen LogP contribution >= 0.6 is 0 Å². The number of amides is 2. The largest absolute Gasteiger partial charge is 0.467 e. The van der Waals surface area contributed by atoms with Gasteiger partial charge in [0.15, 0.2) is 0 Å². The van der Waals surface area contributed by atoms with Gasteiger partial charge in [-0.3, -0.25) is 9.69 Å². The fourth-order valence-electron chi connectivity index (χ4n) is 4.14. The van der Waals surface area contributed by atoms with Gasteiger partial charge in [0.2, 0.25) is 0 Å². The van der Waals surface area contributed by atoms with Crippen LogP contribution in [0.25, 0.3) is 11.1 Å². The Bertz CT molecular complexity index is 1100. The predicted octanol–water partition coefficient (Wildman–Crippen LogP) is 3.76. The van der Waals surface area contributed by atoms with Crippen LogP contribution in [0.1, 0.15) is 50.5 Å². The maximum absolute atomic E-state index is 13.0. The highest BCUT2D eigenvalue weighted by Gasteiger charge is 2.40. The molecule has 0 spiro atoms. The molecule has 0 aliphatic carbocycles. The van der Waals surface area contributed by atoms with Gasteiger partial charge in [-0.1, -0.05) is 36.4 Å². The molecule has 1 aliphatic rings. The minimum absolute atomic E-state index is 0.375. The van der Waals surface area contributed by atoms with Crippen molar-refractivity contribution in [2.24, 2.45) is 0 Å². The highest BCUT2D eigenvalue weighted by atomic mass is 16.6. The number of hydrogen-bond donors (Lipinski definition) is 2. The Morgan fingerprint density at radius 3 is 2.00 bits per heavy atom. The van der Waals surface area contributed by atoms with Gasteiger partial charge >= 0.3 is 12.1 Å². The zero-order valence-electron chi connectivity index (χ0n) is 23.1. The van der Waals surface area contributed by atoms with Crippen molar-refractivity contribution >= 4 is 18.0 Å². The van der Waals surface area contributed by atoms with Crippen LogP contribution in [0.3, 0.4) is 0 Å². The number of nitrogens with zero attached hydrogens (tertiary/aromatic N) is 1. The number of hydrogen-bond acceptors (Lipinski definition) is 7. The molecule has 38 heavy (non-hydrogen) atoms. The Balaban J connectivity index is 1.66. The summed E-state index contributed by atoms with van der Waals surface area (Å²) in [6.45, 7) is 12.8. The van der Waals surface area contributed by atoms with Crippen LogP contribution in [0.4, 0.5) is 4.79 Å². The van der Waals surface area contributed by atoms with Gasteiger partial charge in [-0.2, -0.15) is 0 Å². The number of carbonyl (C=O) groups is 3. The van der Waals surface area contributed by atoms with Crippen LogP contribution in [0.5, 0.6) is 0 Å². The summed E-state index contributed by atoms with van der Waals surface area (Å²) < 4.78 is 15.6. The molecule has 1 unspecified atom stereocenters. The quantitative estimate of drug-likeness (QED) is 0.506. The molecular weight excluding hydrogens is 486 g/mol. The molecule has 0 aromatic heterocycles. The lowest BCUT2D eigenvalue weighted by atomic mass is 9.94. The van der Waals surface area contributed by atoms with E-state index in [9.17, 15) is 14.4 Å². The lowest BCUT2D eigenvalue weighted by molar-refractivity contribution is -0.144. The zero-order valence-corrected chi connectivity index (χ0v) is 23.1. The average Bonchev–Trinajstić information content (AvgIpc) is 2.86. The Labute approximate surface area is 224 Å². The molecule has 0 radical (unpaired) electrons. The molecule has 1 aliphatic heterocycles. The third-order valence-corrected chi connectivity index (χ3v) is 6.20. The van der Waals surface area contributed by atoms with Crippen molar-refractivity contribution in [2.45, 2.75) is 58.3 Å². The molecule has 206 valence electrons. The van der Waals surface area contributed by atoms with Gasteiger partial charge in [-0.05, 0) is 63.4 Å². The summed E-state index contributed by atoms with van der Waals surface area (Å²) >= 11 is 0. The maximum atomic E-state index is 13.0. The molecule has 1 saturated heterocycles.